The topological polar surface area (TPSA) is 105 Å². The van der Waals surface area contributed by atoms with E-state index in [-0.39, 0.29) is 17.4 Å². The molecule has 3 N–H and O–H groups in total. The number of benzene rings is 2. The van der Waals surface area contributed by atoms with Crippen molar-refractivity contribution in [1.29, 1.82) is 0 Å². The zero-order valence-corrected chi connectivity index (χ0v) is 22.5. The summed E-state index contributed by atoms with van der Waals surface area (Å²) in [5.41, 5.74) is 14.0. The van der Waals surface area contributed by atoms with Crippen LogP contribution >= 0.6 is 11.6 Å². The summed E-state index contributed by atoms with van der Waals surface area (Å²) in [5.74, 6) is 0.000512. The molecule has 38 heavy (non-hydrogen) atoms. The van der Waals surface area contributed by atoms with Gasteiger partial charge >= 0.3 is 0 Å². The molecule has 194 valence electrons. The van der Waals surface area contributed by atoms with Crippen molar-refractivity contribution in [1.82, 2.24) is 24.9 Å². The zero-order valence-electron chi connectivity index (χ0n) is 21.8. The minimum Gasteiger partial charge on any atom is -0.398 e. The molecule has 8 nitrogen and oxygen atoms in total. The predicted molar refractivity (Wildman–Crippen MR) is 153 cm³/mol. The number of carbonyl (C=O) groups is 1. The molecule has 2 aromatic heterocycles. The molecule has 1 spiro atoms. The number of rotatable bonds is 5. The predicted octanol–water partition coefficient (Wildman–Crippen LogP) is 4.88. The van der Waals surface area contributed by atoms with Crippen molar-refractivity contribution in [2.45, 2.75) is 32.7 Å². The first-order chi connectivity index (χ1) is 18.2. The lowest BCUT2D eigenvalue weighted by Crippen LogP contribution is -2.64. The lowest BCUT2D eigenvalue weighted by Gasteiger charge is -2.58. The van der Waals surface area contributed by atoms with Gasteiger partial charge in [-0.3, -0.25) is 19.6 Å². The van der Waals surface area contributed by atoms with Gasteiger partial charge in [-0.2, -0.15) is 10.2 Å². The molecule has 1 saturated heterocycles. The van der Waals surface area contributed by atoms with Gasteiger partial charge in [-0.1, -0.05) is 24.2 Å². The molecule has 0 bridgehead atoms. The fourth-order valence-corrected chi connectivity index (χ4v) is 6.36. The second kappa shape index (κ2) is 8.84. The number of likely N-dealkylation sites (tertiary alicyclic amines) is 1. The van der Waals surface area contributed by atoms with Gasteiger partial charge in [0.25, 0.3) is 0 Å². The first-order valence-corrected chi connectivity index (χ1v) is 13.1. The van der Waals surface area contributed by atoms with Crippen LogP contribution in [0.5, 0.6) is 0 Å². The number of aromatic nitrogens is 4. The number of amides is 1. The van der Waals surface area contributed by atoms with E-state index in [9.17, 15) is 4.79 Å². The highest BCUT2D eigenvalue weighted by atomic mass is 35.5. The Bertz CT molecular complexity index is 1680. The summed E-state index contributed by atoms with van der Waals surface area (Å²) >= 11 is 6.97. The van der Waals surface area contributed by atoms with Crippen LogP contribution in [0.3, 0.4) is 0 Å². The molecule has 0 radical (unpaired) electrons. The average molecular weight is 528 g/mol. The minimum atomic E-state index is 0.000512. The van der Waals surface area contributed by atoms with E-state index in [0.717, 1.165) is 75.7 Å². The van der Waals surface area contributed by atoms with Gasteiger partial charge in [-0.05, 0) is 62.1 Å². The van der Waals surface area contributed by atoms with E-state index in [1.165, 1.54) is 6.08 Å². The Labute approximate surface area is 225 Å². The summed E-state index contributed by atoms with van der Waals surface area (Å²) in [6.45, 7) is 9.14. The Kier molecular flexibility index (Phi) is 5.68. The van der Waals surface area contributed by atoms with E-state index in [4.69, 9.17) is 22.3 Å². The molecule has 1 aliphatic heterocycles. The smallest absolute Gasteiger partial charge is 0.245 e. The molecular formula is C29H30ClN7O. The van der Waals surface area contributed by atoms with Gasteiger partial charge in [0.2, 0.25) is 5.91 Å². The van der Waals surface area contributed by atoms with Crippen molar-refractivity contribution in [3.63, 3.8) is 0 Å². The summed E-state index contributed by atoms with van der Waals surface area (Å²) in [5, 5.41) is 14.3. The maximum absolute atomic E-state index is 11.9. The number of nitrogens with one attached hydrogen (secondary N) is 1. The Morgan fingerprint density at radius 2 is 2.05 bits per heavy atom. The second-order valence-electron chi connectivity index (χ2n) is 10.7. The molecule has 0 unspecified atom stereocenters. The number of hydrogen-bond donors (Lipinski definition) is 2. The summed E-state index contributed by atoms with van der Waals surface area (Å²) in [4.78, 5) is 18.9. The molecule has 0 atom stereocenters. The maximum Gasteiger partial charge on any atom is 0.245 e. The van der Waals surface area contributed by atoms with E-state index in [1.54, 1.807) is 6.20 Å². The van der Waals surface area contributed by atoms with Crippen LogP contribution in [-0.2, 0) is 11.8 Å². The molecule has 1 aliphatic carbocycles. The van der Waals surface area contributed by atoms with Crippen LogP contribution in [0.25, 0.3) is 33.1 Å². The molecule has 3 heterocycles. The van der Waals surface area contributed by atoms with Crippen LogP contribution in [-0.4, -0.2) is 55.6 Å². The number of halogens is 1. The molecule has 6 rings (SSSR count). The quantitative estimate of drug-likeness (QED) is 0.219. The number of aromatic amines is 1. The Morgan fingerprint density at radius 3 is 2.79 bits per heavy atom. The second-order valence-corrected chi connectivity index (χ2v) is 11.1. The van der Waals surface area contributed by atoms with E-state index in [1.807, 2.05) is 54.9 Å². The van der Waals surface area contributed by atoms with Crippen molar-refractivity contribution in [2.75, 3.05) is 13.1 Å². The Hall–Kier alpha value is -3.91. The summed E-state index contributed by atoms with van der Waals surface area (Å²) in [7, 11) is 1.92. The number of nitrogens with two attached hydrogens (primary N) is 1. The Balaban J connectivity index is 1.43. The molecule has 2 aromatic carbocycles. The van der Waals surface area contributed by atoms with Crippen molar-refractivity contribution >= 4 is 56.3 Å². The Morgan fingerprint density at radius 1 is 1.29 bits per heavy atom. The number of fused-ring (bicyclic) bond motifs is 2. The summed E-state index contributed by atoms with van der Waals surface area (Å²) < 4.78 is 1.84. The number of hydrogen-bond acceptors (Lipinski definition) is 5. The zero-order chi connectivity index (χ0) is 26.8. The lowest BCUT2D eigenvalue weighted by molar-refractivity contribution is -0.145. The van der Waals surface area contributed by atoms with Crippen molar-refractivity contribution in [2.24, 2.45) is 23.2 Å². The van der Waals surface area contributed by atoms with E-state index >= 15 is 0 Å². The van der Waals surface area contributed by atoms with E-state index in [2.05, 4.69) is 27.9 Å². The first kappa shape index (κ1) is 24.4. The van der Waals surface area contributed by atoms with Gasteiger partial charge in [-0.25, -0.2) is 0 Å². The number of carbonyl (C=O) groups excluding carboxylic acids is 1. The number of nitrogens with zero attached hydrogens (tertiary/aromatic N) is 5. The number of H-pyrrole nitrogens is 1. The fraction of sp³-hybridized carbons (Fsp3) is 0.310. The maximum atomic E-state index is 11.9. The molecule has 2 fully saturated rings. The lowest BCUT2D eigenvalue weighted by atomic mass is 9.60. The largest absolute Gasteiger partial charge is 0.398 e. The molecule has 2 aliphatic rings. The highest BCUT2D eigenvalue weighted by molar-refractivity contribution is 6.40. The van der Waals surface area contributed by atoms with Crippen LogP contribution in [0.15, 0.2) is 54.3 Å². The van der Waals surface area contributed by atoms with Gasteiger partial charge in [0, 0.05) is 58.9 Å². The third-order valence-electron chi connectivity index (χ3n) is 8.06. The standard InChI is InChI=1S/C29H30ClN7O/c1-5-24(38)37-14-29(15-37)10-20(11-29)34-17(3)25(26-21-13-32-35-22(21)8-16(2)27(26)30)28(31)18-6-7-23-19(9-18)12-33-36(23)4/h5-9,12-13,20H,1,10-11,14-15,31H2,2-4H3,(H,32,35)/b28-25+,34-17?. The third kappa shape index (κ3) is 3.82. The summed E-state index contributed by atoms with van der Waals surface area (Å²) in [6.07, 6.45) is 6.91. The van der Waals surface area contributed by atoms with E-state index in [0.29, 0.717) is 10.7 Å². The number of aliphatic imine (C=N–C) groups is 1. The van der Waals surface area contributed by atoms with Crippen LogP contribution in [0.4, 0.5) is 0 Å². The van der Waals surface area contributed by atoms with Gasteiger partial charge in [0.05, 0.1) is 34.5 Å². The molecule has 4 aromatic rings. The highest BCUT2D eigenvalue weighted by Gasteiger charge is 2.53. The molecule has 1 saturated carbocycles. The van der Waals surface area contributed by atoms with E-state index < -0.39 is 0 Å². The monoisotopic (exact) mass is 527 g/mol. The minimum absolute atomic E-state index is 0.000512. The number of allylic oxidation sites excluding steroid dienone is 1. The van der Waals surface area contributed by atoms with Crippen LogP contribution < -0.4 is 5.73 Å². The SMILES string of the molecule is C=CC(=O)N1CC2(CC(N=C(C)/C(=C(\N)c3ccc4c(cnn4C)c3)c3c(Cl)c(C)cc4[nH]ncc34)C2)C1. The third-order valence-corrected chi connectivity index (χ3v) is 8.54. The van der Waals surface area contributed by atoms with Crippen LogP contribution in [0, 0.1) is 12.3 Å². The summed E-state index contributed by atoms with van der Waals surface area (Å²) in [6, 6.07) is 8.27. The molecule has 1 amide bonds. The van der Waals surface area contributed by atoms with Gasteiger partial charge in [0.15, 0.2) is 0 Å². The highest BCUT2D eigenvalue weighted by Crippen LogP contribution is 2.50. The van der Waals surface area contributed by atoms with Crippen LogP contribution in [0.1, 0.15) is 36.5 Å². The number of aryl methyl sites for hydroxylation is 2. The van der Waals surface area contributed by atoms with Gasteiger partial charge in [0.1, 0.15) is 0 Å². The van der Waals surface area contributed by atoms with Crippen LogP contribution in [0.2, 0.25) is 5.02 Å². The van der Waals surface area contributed by atoms with Crippen molar-refractivity contribution in [3.05, 3.63) is 71.0 Å². The average Bonchev–Trinajstić information content (AvgIpc) is 3.47. The van der Waals surface area contributed by atoms with Crippen molar-refractivity contribution < 1.29 is 4.79 Å². The molecule has 9 heteroatoms. The normalized spacial score (nSPS) is 18.0. The van der Waals surface area contributed by atoms with Crippen molar-refractivity contribution in [3.8, 4) is 0 Å². The first-order valence-electron chi connectivity index (χ1n) is 12.7. The van der Waals surface area contributed by atoms with Gasteiger partial charge < -0.3 is 10.6 Å². The van der Waals surface area contributed by atoms with Gasteiger partial charge in [-0.15, -0.1) is 0 Å². The fourth-order valence-electron chi connectivity index (χ4n) is 6.11. The molecular weight excluding hydrogens is 498 g/mol.